The Morgan fingerprint density at radius 3 is 2.50 bits per heavy atom. The molecule has 0 bridgehead atoms. The van der Waals surface area contributed by atoms with E-state index in [1.165, 1.54) is 15.3 Å². The van der Waals surface area contributed by atoms with Crippen molar-refractivity contribution in [2.45, 2.75) is 46.2 Å². The molecule has 0 radical (unpaired) electrons. The molecule has 0 amide bonds. The van der Waals surface area contributed by atoms with Gasteiger partial charge in [0.15, 0.2) is 0 Å². The summed E-state index contributed by atoms with van der Waals surface area (Å²) in [6.07, 6.45) is 1.81. The Morgan fingerprint density at radius 1 is 1.35 bits per heavy atom. The minimum atomic E-state index is -3.01. The Labute approximate surface area is 126 Å². The molecule has 6 heteroatoms. The van der Waals surface area contributed by atoms with Gasteiger partial charge in [-0.05, 0) is 45.2 Å². The Kier molecular flexibility index (Phi) is 5.23. The van der Waals surface area contributed by atoms with Gasteiger partial charge in [0.05, 0.1) is 5.75 Å². The summed E-state index contributed by atoms with van der Waals surface area (Å²) in [5, 5.41) is 3.57. The van der Waals surface area contributed by atoms with Crippen LogP contribution in [0.1, 0.15) is 35.1 Å². The fourth-order valence-electron chi connectivity index (χ4n) is 2.63. The number of aryl methyl sites for hydroxylation is 2. The number of hydrogen-bond donors (Lipinski definition) is 1. The largest absolute Gasteiger partial charge is 0.310 e. The van der Waals surface area contributed by atoms with Crippen molar-refractivity contribution >= 4 is 21.4 Å². The molecule has 2 rings (SSSR count). The van der Waals surface area contributed by atoms with E-state index in [9.17, 15) is 8.42 Å². The second kappa shape index (κ2) is 6.56. The number of nitrogens with one attached hydrogen (secondary N) is 1. The zero-order valence-electron chi connectivity index (χ0n) is 12.5. The van der Waals surface area contributed by atoms with Crippen LogP contribution in [0.2, 0.25) is 0 Å². The second-order valence-electron chi connectivity index (χ2n) is 5.39. The summed E-state index contributed by atoms with van der Waals surface area (Å²) in [5.74, 6) is 0.207. The minimum Gasteiger partial charge on any atom is -0.310 e. The van der Waals surface area contributed by atoms with Crippen molar-refractivity contribution in [3.63, 3.8) is 0 Å². The quantitative estimate of drug-likeness (QED) is 0.906. The Balaban J connectivity index is 1.82. The molecule has 0 aromatic carbocycles. The van der Waals surface area contributed by atoms with Crippen LogP contribution in [0.25, 0.3) is 0 Å². The van der Waals surface area contributed by atoms with Crippen molar-refractivity contribution in [2.75, 3.05) is 18.8 Å². The molecule has 1 fully saturated rings. The number of piperidine rings is 1. The summed E-state index contributed by atoms with van der Waals surface area (Å²) in [7, 11) is -3.01. The van der Waals surface area contributed by atoms with E-state index in [1.54, 1.807) is 11.2 Å². The van der Waals surface area contributed by atoms with Crippen molar-refractivity contribution in [1.29, 1.82) is 0 Å². The highest BCUT2D eigenvalue weighted by atomic mass is 32.2. The predicted molar refractivity (Wildman–Crippen MR) is 84.7 cm³/mol. The molecule has 2 heterocycles. The minimum absolute atomic E-state index is 0.207. The monoisotopic (exact) mass is 316 g/mol. The average Bonchev–Trinajstić information content (AvgIpc) is 2.75. The molecule has 4 nitrogen and oxygen atoms in total. The molecular formula is C14H24N2O2S2. The molecule has 20 heavy (non-hydrogen) atoms. The first-order valence-electron chi connectivity index (χ1n) is 7.19. The fourth-order valence-corrected chi connectivity index (χ4v) is 4.71. The third kappa shape index (κ3) is 3.81. The first-order valence-corrected chi connectivity index (χ1v) is 9.62. The molecule has 1 saturated heterocycles. The lowest BCUT2D eigenvalue weighted by Crippen LogP contribution is -2.45. The van der Waals surface area contributed by atoms with E-state index in [2.05, 4.69) is 25.2 Å². The van der Waals surface area contributed by atoms with Crippen molar-refractivity contribution in [3.05, 3.63) is 21.4 Å². The number of rotatable bonds is 5. The van der Waals surface area contributed by atoms with Gasteiger partial charge in [-0.1, -0.05) is 0 Å². The van der Waals surface area contributed by atoms with E-state index in [0.29, 0.717) is 19.1 Å². The van der Waals surface area contributed by atoms with Gasteiger partial charge in [0.25, 0.3) is 0 Å². The highest BCUT2D eigenvalue weighted by molar-refractivity contribution is 7.89. The molecular weight excluding hydrogens is 292 g/mol. The zero-order valence-corrected chi connectivity index (χ0v) is 14.1. The van der Waals surface area contributed by atoms with Crippen LogP contribution in [0.4, 0.5) is 0 Å². The summed E-state index contributed by atoms with van der Waals surface area (Å²) >= 11 is 1.84. The Bertz CT molecular complexity index is 544. The molecule has 0 saturated carbocycles. The molecule has 1 aromatic rings. The molecule has 0 spiro atoms. The SMILES string of the molecule is CCS(=O)(=O)N1CCC(NCc2cc(C)sc2C)CC1. The summed E-state index contributed by atoms with van der Waals surface area (Å²) < 4.78 is 25.2. The van der Waals surface area contributed by atoms with Crippen LogP contribution in [0.3, 0.4) is 0 Å². The molecule has 114 valence electrons. The molecule has 1 N–H and O–H groups in total. The lowest BCUT2D eigenvalue weighted by atomic mass is 10.1. The number of thiophene rings is 1. The molecule has 1 aromatic heterocycles. The normalized spacial score (nSPS) is 18.6. The maximum absolute atomic E-state index is 11.8. The molecule has 0 aliphatic carbocycles. The Hall–Kier alpha value is -0.430. The maximum Gasteiger partial charge on any atom is 0.213 e. The number of sulfonamides is 1. The van der Waals surface area contributed by atoms with Crippen LogP contribution in [0.5, 0.6) is 0 Å². The van der Waals surface area contributed by atoms with Crippen molar-refractivity contribution in [3.8, 4) is 0 Å². The predicted octanol–water partition coefficient (Wildman–Crippen LogP) is 2.27. The zero-order chi connectivity index (χ0) is 14.8. The third-order valence-corrected chi connectivity index (χ3v) is 6.83. The van der Waals surface area contributed by atoms with Gasteiger partial charge in [-0.15, -0.1) is 11.3 Å². The van der Waals surface area contributed by atoms with E-state index in [0.717, 1.165) is 19.4 Å². The van der Waals surface area contributed by atoms with Gasteiger partial charge in [-0.3, -0.25) is 0 Å². The lowest BCUT2D eigenvalue weighted by Gasteiger charge is -2.31. The summed E-state index contributed by atoms with van der Waals surface area (Å²) in [6.45, 7) is 8.19. The van der Waals surface area contributed by atoms with Gasteiger partial charge in [-0.25, -0.2) is 12.7 Å². The van der Waals surface area contributed by atoms with Crippen LogP contribution in [-0.2, 0) is 16.6 Å². The molecule has 0 unspecified atom stereocenters. The van der Waals surface area contributed by atoms with E-state index in [1.807, 2.05) is 11.3 Å². The topological polar surface area (TPSA) is 49.4 Å². The molecule has 0 atom stereocenters. The first-order chi connectivity index (χ1) is 9.42. The van der Waals surface area contributed by atoms with Gasteiger partial charge in [0, 0.05) is 35.4 Å². The maximum atomic E-state index is 11.8. The fraction of sp³-hybridized carbons (Fsp3) is 0.714. The van der Waals surface area contributed by atoms with Crippen LogP contribution >= 0.6 is 11.3 Å². The number of hydrogen-bond acceptors (Lipinski definition) is 4. The van der Waals surface area contributed by atoms with Gasteiger partial charge < -0.3 is 5.32 Å². The van der Waals surface area contributed by atoms with E-state index < -0.39 is 10.0 Å². The van der Waals surface area contributed by atoms with E-state index in [-0.39, 0.29) is 5.75 Å². The summed E-state index contributed by atoms with van der Waals surface area (Å²) in [5.41, 5.74) is 1.37. The molecule has 1 aliphatic heterocycles. The first kappa shape index (κ1) is 15.9. The second-order valence-corrected chi connectivity index (χ2v) is 9.11. The van der Waals surface area contributed by atoms with Gasteiger partial charge in [0.2, 0.25) is 10.0 Å². The highest BCUT2D eigenvalue weighted by Gasteiger charge is 2.26. The van der Waals surface area contributed by atoms with E-state index >= 15 is 0 Å². The van der Waals surface area contributed by atoms with Crippen molar-refractivity contribution in [1.82, 2.24) is 9.62 Å². The standard InChI is InChI=1S/C14H24N2O2S2/c1-4-20(17,18)16-7-5-14(6-8-16)15-10-13-9-11(2)19-12(13)3/h9,14-15H,4-8,10H2,1-3H3. The van der Waals surface area contributed by atoms with Gasteiger partial charge >= 0.3 is 0 Å². The van der Waals surface area contributed by atoms with Crippen LogP contribution in [0.15, 0.2) is 6.07 Å². The van der Waals surface area contributed by atoms with E-state index in [4.69, 9.17) is 0 Å². The van der Waals surface area contributed by atoms with Crippen molar-refractivity contribution in [2.24, 2.45) is 0 Å². The number of nitrogens with zero attached hydrogens (tertiary/aromatic N) is 1. The van der Waals surface area contributed by atoms with Gasteiger partial charge in [-0.2, -0.15) is 0 Å². The Morgan fingerprint density at radius 2 is 2.00 bits per heavy atom. The third-order valence-electron chi connectivity index (χ3n) is 3.94. The van der Waals surface area contributed by atoms with Crippen LogP contribution in [0, 0.1) is 13.8 Å². The van der Waals surface area contributed by atoms with Crippen LogP contribution in [-0.4, -0.2) is 37.6 Å². The smallest absolute Gasteiger partial charge is 0.213 e. The highest BCUT2D eigenvalue weighted by Crippen LogP contribution is 2.21. The molecule has 1 aliphatic rings. The summed E-state index contributed by atoms with van der Waals surface area (Å²) in [6, 6.07) is 2.67. The average molecular weight is 316 g/mol. The lowest BCUT2D eigenvalue weighted by molar-refractivity contribution is 0.289. The van der Waals surface area contributed by atoms with Gasteiger partial charge in [0.1, 0.15) is 0 Å². The van der Waals surface area contributed by atoms with Crippen LogP contribution < -0.4 is 5.32 Å². The van der Waals surface area contributed by atoms with Crippen molar-refractivity contribution < 1.29 is 8.42 Å². The summed E-state index contributed by atoms with van der Waals surface area (Å²) in [4.78, 5) is 2.73.